The van der Waals surface area contributed by atoms with Gasteiger partial charge in [0, 0.05) is 17.5 Å². The van der Waals surface area contributed by atoms with E-state index < -0.39 is 42.4 Å². The summed E-state index contributed by atoms with van der Waals surface area (Å²) in [6.45, 7) is 1.37. The van der Waals surface area contributed by atoms with E-state index in [1.165, 1.54) is 12.3 Å². The Morgan fingerprint density at radius 3 is 2.86 bits per heavy atom. The molecule has 1 aliphatic heterocycles. The van der Waals surface area contributed by atoms with Gasteiger partial charge in [-0.2, -0.15) is 4.98 Å². The summed E-state index contributed by atoms with van der Waals surface area (Å²) in [6, 6.07) is 1.30. The number of halogens is 1. The third-order valence-corrected chi connectivity index (χ3v) is 4.17. The third kappa shape index (κ3) is 5.12. The molecule has 4 atom stereocenters. The van der Waals surface area contributed by atoms with E-state index in [9.17, 15) is 19.8 Å². The number of unbranched alkanes of at least 4 members (excludes halogenated alkanes) is 2. The molecule has 0 aromatic carbocycles. The maximum Gasteiger partial charge on any atom is 0.351 e. The molecule has 1 aromatic rings. The van der Waals surface area contributed by atoms with Crippen LogP contribution in [0.5, 0.6) is 0 Å². The highest BCUT2D eigenvalue weighted by molar-refractivity contribution is 5.85. The molecule has 0 aliphatic carbocycles. The number of ether oxygens (including phenoxy) is 2. The summed E-state index contributed by atoms with van der Waals surface area (Å²) >= 11 is 0. The van der Waals surface area contributed by atoms with Crippen LogP contribution < -0.4 is 11.4 Å². The van der Waals surface area contributed by atoms with Crippen LogP contribution in [0.4, 0.5) is 5.82 Å². The number of aliphatic hydroxyl groups is 2. The van der Waals surface area contributed by atoms with E-state index in [0.29, 0.717) is 6.42 Å². The van der Waals surface area contributed by atoms with Crippen molar-refractivity contribution in [1.82, 2.24) is 9.55 Å². The Morgan fingerprint density at radius 1 is 1.54 bits per heavy atom. The topological polar surface area (TPSA) is 186 Å². The second kappa shape index (κ2) is 10.2. The summed E-state index contributed by atoms with van der Waals surface area (Å²) in [5.41, 5.74) is 11.3. The molecule has 28 heavy (non-hydrogen) atoms. The van der Waals surface area contributed by atoms with Crippen LogP contribution in [-0.4, -0.2) is 50.3 Å². The first-order valence-corrected chi connectivity index (χ1v) is 8.45. The van der Waals surface area contributed by atoms with Crippen molar-refractivity contribution in [2.24, 2.45) is 5.11 Å². The highest BCUT2D eigenvalue weighted by Gasteiger charge is 2.56. The molecule has 0 spiro atoms. The normalized spacial score (nSPS) is 26.2. The molecular weight excluding hydrogens is 396 g/mol. The maximum atomic E-state index is 12.0. The lowest BCUT2D eigenvalue weighted by Crippen LogP contribution is -2.45. The van der Waals surface area contributed by atoms with Gasteiger partial charge in [0.2, 0.25) is 5.72 Å². The van der Waals surface area contributed by atoms with Crippen LogP contribution in [-0.2, 0) is 14.3 Å². The Kier molecular flexibility index (Phi) is 8.66. The number of anilines is 1. The molecule has 13 heteroatoms. The summed E-state index contributed by atoms with van der Waals surface area (Å²) in [6.07, 6.45) is -1.02. The number of nitrogens with two attached hydrogens (primary N) is 1. The van der Waals surface area contributed by atoms with Crippen molar-refractivity contribution in [1.29, 1.82) is 0 Å². The minimum Gasteiger partial charge on any atom is -0.462 e. The largest absolute Gasteiger partial charge is 0.462 e. The van der Waals surface area contributed by atoms with Gasteiger partial charge in [-0.25, -0.2) is 4.79 Å². The molecule has 0 bridgehead atoms. The van der Waals surface area contributed by atoms with Crippen molar-refractivity contribution in [2.45, 2.75) is 56.8 Å². The molecule has 12 nitrogen and oxygen atoms in total. The smallest absolute Gasteiger partial charge is 0.351 e. The number of carbonyl (C=O) groups excluding carboxylic acids is 1. The van der Waals surface area contributed by atoms with Crippen molar-refractivity contribution in [3.8, 4) is 0 Å². The first-order valence-electron chi connectivity index (χ1n) is 8.45. The number of carbonyl (C=O) groups is 1. The molecule has 0 saturated carbocycles. The average Bonchev–Trinajstić information content (AvgIpc) is 2.86. The lowest BCUT2D eigenvalue weighted by molar-refractivity contribution is -0.165. The van der Waals surface area contributed by atoms with Crippen LogP contribution in [0.25, 0.3) is 10.4 Å². The Morgan fingerprint density at radius 2 is 2.25 bits per heavy atom. The standard InChI is InChI=1S/C15H22N6O6.ClH/c1-2-3-4-5-10(22)26-8-15(19-20-17)12(24)11(23)13(27-15)21-7-6-9(16)18-14(21)25;/h6-7,11-13,23-24H,2-5,8H2,1H3,(H2,16,18,25);1H/t11-,12+,13-,15-;/m1./s1. The van der Waals surface area contributed by atoms with E-state index in [-0.39, 0.29) is 24.6 Å². The first kappa shape index (κ1) is 23.7. The zero-order valence-corrected chi connectivity index (χ0v) is 16.0. The van der Waals surface area contributed by atoms with E-state index >= 15 is 0 Å². The van der Waals surface area contributed by atoms with Crippen LogP contribution in [0, 0.1) is 0 Å². The summed E-state index contributed by atoms with van der Waals surface area (Å²) in [5.74, 6) is -0.595. The zero-order valence-electron chi connectivity index (χ0n) is 15.2. The van der Waals surface area contributed by atoms with Crippen molar-refractivity contribution < 1.29 is 24.5 Å². The van der Waals surface area contributed by atoms with E-state index in [1.807, 2.05) is 6.92 Å². The number of nitrogens with zero attached hydrogens (tertiary/aromatic N) is 5. The van der Waals surface area contributed by atoms with Gasteiger partial charge < -0.3 is 25.4 Å². The van der Waals surface area contributed by atoms with Gasteiger partial charge in [0.1, 0.15) is 24.6 Å². The molecule has 156 valence electrons. The van der Waals surface area contributed by atoms with Gasteiger partial charge in [-0.05, 0) is 18.0 Å². The monoisotopic (exact) mass is 418 g/mol. The zero-order chi connectivity index (χ0) is 20.0. The summed E-state index contributed by atoms with van der Waals surface area (Å²) in [4.78, 5) is 29.9. The average molecular weight is 419 g/mol. The number of azide groups is 1. The van der Waals surface area contributed by atoms with Crippen LogP contribution in [0.1, 0.15) is 38.8 Å². The molecule has 4 N–H and O–H groups in total. The number of nitrogen functional groups attached to an aromatic ring is 1. The molecule has 1 aliphatic rings. The van der Waals surface area contributed by atoms with Crippen molar-refractivity contribution >= 4 is 24.2 Å². The van der Waals surface area contributed by atoms with E-state index in [0.717, 1.165) is 17.4 Å². The lowest BCUT2D eigenvalue weighted by Gasteiger charge is -2.26. The summed E-state index contributed by atoms with van der Waals surface area (Å²) in [5, 5.41) is 24.0. The van der Waals surface area contributed by atoms with Crippen LogP contribution in [0.2, 0.25) is 0 Å². The molecule has 0 radical (unpaired) electrons. The second-order valence-electron chi connectivity index (χ2n) is 6.14. The molecule has 1 saturated heterocycles. The highest BCUT2D eigenvalue weighted by Crippen LogP contribution is 2.38. The van der Waals surface area contributed by atoms with E-state index in [2.05, 4.69) is 15.0 Å². The van der Waals surface area contributed by atoms with Gasteiger partial charge in [-0.1, -0.05) is 24.9 Å². The van der Waals surface area contributed by atoms with Gasteiger partial charge >= 0.3 is 11.7 Å². The Hall–Kier alpha value is -2.37. The van der Waals surface area contributed by atoms with Crippen LogP contribution in [0.15, 0.2) is 22.2 Å². The number of esters is 1. The van der Waals surface area contributed by atoms with Crippen molar-refractivity contribution in [3.05, 3.63) is 33.2 Å². The SMILES string of the molecule is CCCCCC(=O)OC[C@@]1(N=[N+]=[N-])O[C@@H](n2ccc(N)nc2=O)[C@H](O)[C@@H]1O.Cl. The maximum absolute atomic E-state index is 12.0. The van der Waals surface area contributed by atoms with Gasteiger partial charge in [0.15, 0.2) is 6.23 Å². The number of hydrogen-bond donors (Lipinski definition) is 3. The Labute approximate surface area is 166 Å². The fraction of sp³-hybridized carbons (Fsp3) is 0.667. The predicted molar refractivity (Wildman–Crippen MR) is 99.3 cm³/mol. The number of aliphatic hydroxyl groups excluding tert-OH is 2. The van der Waals surface area contributed by atoms with Gasteiger partial charge in [0.25, 0.3) is 0 Å². The fourth-order valence-electron chi connectivity index (χ4n) is 2.69. The second-order valence-corrected chi connectivity index (χ2v) is 6.14. The van der Waals surface area contributed by atoms with E-state index in [4.69, 9.17) is 20.7 Å². The molecule has 0 unspecified atom stereocenters. The predicted octanol–water partition coefficient (Wildman–Crippen LogP) is 0.628. The fourth-order valence-corrected chi connectivity index (χ4v) is 2.69. The number of hydrogen-bond acceptors (Lipinski definition) is 9. The molecule has 2 heterocycles. The Balaban J connectivity index is 0.00000392. The Bertz CT molecular complexity index is 785. The van der Waals surface area contributed by atoms with Crippen molar-refractivity contribution in [2.75, 3.05) is 12.3 Å². The summed E-state index contributed by atoms with van der Waals surface area (Å²) < 4.78 is 11.4. The van der Waals surface area contributed by atoms with Crippen molar-refractivity contribution in [3.63, 3.8) is 0 Å². The number of aromatic nitrogens is 2. The van der Waals surface area contributed by atoms with Gasteiger partial charge in [-0.3, -0.25) is 9.36 Å². The highest BCUT2D eigenvalue weighted by atomic mass is 35.5. The van der Waals surface area contributed by atoms with Gasteiger partial charge in [-0.15, -0.1) is 12.4 Å². The summed E-state index contributed by atoms with van der Waals surface area (Å²) in [7, 11) is 0. The minimum absolute atomic E-state index is 0. The minimum atomic E-state index is -2.08. The molecule has 1 aromatic heterocycles. The lowest BCUT2D eigenvalue weighted by atomic mass is 10.1. The number of rotatable bonds is 8. The molecule has 1 fully saturated rings. The first-order chi connectivity index (χ1) is 12.8. The quantitative estimate of drug-likeness (QED) is 0.180. The van der Waals surface area contributed by atoms with Crippen LogP contribution in [0.3, 0.4) is 0 Å². The molecular formula is C15H23ClN6O6. The molecule has 2 rings (SSSR count). The van der Waals surface area contributed by atoms with E-state index in [1.54, 1.807) is 0 Å². The van der Waals surface area contributed by atoms with Crippen LogP contribution >= 0.6 is 12.4 Å². The van der Waals surface area contributed by atoms with Gasteiger partial charge in [0.05, 0.1) is 0 Å². The third-order valence-electron chi connectivity index (χ3n) is 4.17. The molecule has 0 amide bonds.